The van der Waals surface area contributed by atoms with Gasteiger partial charge in [-0.2, -0.15) is 4.98 Å². The van der Waals surface area contributed by atoms with Crippen molar-refractivity contribution in [1.29, 1.82) is 0 Å². The predicted octanol–water partition coefficient (Wildman–Crippen LogP) is 5.52. The summed E-state index contributed by atoms with van der Waals surface area (Å²) in [5.41, 5.74) is -0.511. The molecule has 0 spiro atoms. The molecule has 51 heavy (non-hydrogen) atoms. The highest BCUT2D eigenvalue weighted by molar-refractivity contribution is 14.1. The minimum Gasteiger partial charge on any atom is -0.459 e. The van der Waals surface area contributed by atoms with Gasteiger partial charge < -0.3 is 23.5 Å². The smallest absolute Gasteiger partial charge is 0.338 e. The summed E-state index contributed by atoms with van der Waals surface area (Å²) in [6.45, 7) is 4.74. The number of benzene rings is 3. The van der Waals surface area contributed by atoms with Crippen LogP contribution < -0.4 is 10.9 Å². The number of aromatic nitrogens is 3. The van der Waals surface area contributed by atoms with Crippen LogP contribution in [0.1, 0.15) is 58.1 Å². The number of nitrogens with zero attached hydrogens (tertiary/aromatic N) is 2. The second kappa shape index (κ2) is 14.9. The highest BCUT2D eigenvalue weighted by Gasteiger charge is 2.52. The third-order valence-corrected chi connectivity index (χ3v) is 8.82. The van der Waals surface area contributed by atoms with E-state index in [0.717, 1.165) is 0 Å². The molecule has 0 bridgehead atoms. The first-order chi connectivity index (χ1) is 24.4. The molecular weight excluding hydrogens is 771 g/mol. The van der Waals surface area contributed by atoms with Crippen LogP contribution in [0.5, 0.6) is 0 Å². The van der Waals surface area contributed by atoms with Crippen LogP contribution in [0.3, 0.4) is 0 Å². The third-order valence-electron chi connectivity index (χ3n) is 8.00. The van der Waals surface area contributed by atoms with Crippen molar-refractivity contribution in [3.05, 3.63) is 128 Å². The Morgan fingerprint density at radius 2 is 1.33 bits per heavy atom. The molecule has 1 aliphatic rings. The van der Waals surface area contributed by atoms with E-state index in [1.54, 1.807) is 118 Å². The molecule has 0 saturated carbocycles. The molecule has 262 valence electrons. The number of anilines is 1. The van der Waals surface area contributed by atoms with Crippen molar-refractivity contribution < 1.29 is 38.1 Å². The number of hydrogen-bond acceptors (Lipinski definition) is 10. The van der Waals surface area contributed by atoms with E-state index in [4.69, 9.17) is 18.9 Å². The topological polar surface area (TPSA) is 168 Å². The number of carbonyl (C=O) groups is 4. The lowest BCUT2D eigenvalue weighted by molar-refractivity contribution is -0.123. The summed E-state index contributed by atoms with van der Waals surface area (Å²) >= 11 is 1.97. The molecule has 3 heterocycles. The van der Waals surface area contributed by atoms with E-state index in [-0.39, 0.29) is 33.7 Å². The number of ether oxygens (including phenoxy) is 4. The number of H-pyrrole nitrogens is 1. The van der Waals surface area contributed by atoms with Crippen LogP contribution in [-0.4, -0.2) is 63.3 Å². The fourth-order valence-corrected chi connectivity index (χ4v) is 6.13. The van der Waals surface area contributed by atoms with Crippen molar-refractivity contribution in [1.82, 2.24) is 14.5 Å². The Bertz CT molecular complexity index is 2130. The van der Waals surface area contributed by atoms with Gasteiger partial charge in [-0.15, -0.1) is 0 Å². The van der Waals surface area contributed by atoms with Gasteiger partial charge in [-0.25, -0.2) is 14.4 Å². The summed E-state index contributed by atoms with van der Waals surface area (Å²) in [4.78, 5) is 73.4. The van der Waals surface area contributed by atoms with E-state index < -0.39 is 65.9 Å². The first-order valence-electron chi connectivity index (χ1n) is 15.9. The Hall–Kier alpha value is -5.35. The van der Waals surface area contributed by atoms with Gasteiger partial charge in [0.2, 0.25) is 11.9 Å². The monoisotopic (exact) mass is 804 g/mol. The molecule has 4 atom stereocenters. The van der Waals surface area contributed by atoms with Gasteiger partial charge in [0.15, 0.2) is 24.1 Å². The number of rotatable bonds is 9. The van der Waals surface area contributed by atoms with Gasteiger partial charge in [0, 0.05) is 15.2 Å². The quantitative estimate of drug-likeness (QED) is 0.110. The van der Waals surface area contributed by atoms with Gasteiger partial charge in [-0.05, 0) is 59.0 Å². The number of halogens is 1. The van der Waals surface area contributed by atoms with Crippen LogP contribution in [-0.2, 0) is 23.7 Å². The molecule has 14 heteroatoms. The standard InChI is InChI=1S/C37H33IN4O9/c1-37(2,3)35(47)41-36-39-29-26(30(43)40-36)24(38)19-42(29)31-28(51-34(46)23-17-11-6-12-18-23)27(50-33(45)22-15-9-5-10-16-22)25(49-31)20-48-32(44)21-13-7-4-8-14-21/h4-19,25,27-28,31H,20H2,1-3H3,(H2,39,40,41,43,47)/t25-,27-,28-,31-/m1/s1. The molecule has 0 aliphatic carbocycles. The van der Waals surface area contributed by atoms with Gasteiger partial charge in [0.25, 0.3) is 5.56 Å². The molecule has 2 N–H and O–H groups in total. The van der Waals surface area contributed by atoms with Gasteiger partial charge in [-0.1, -0.05) is 75.4 Å². The molecule has 1 amide bonds. The predicted molar refractivity (Wildman–Crippen MR) is 193 cm³/mol. The van der Waals surface area contributed by atoms with Gasteiger partial charge in [0.1, 0.15) is 12.7 Å². The summed E-state index contributed by atoms with van der Waals surface area (Å²) in [5.74, 6) is -2.63. The number of nitrogens with one attached hydrogen (secondary N) is 2. The average Bonchev–Trinajstić information content (AvgIpc) is 3.63. The summed E-state index contributed by atoms with van der Waals surface area (Å²) < 4.78 is 26.1. The lowest BCUT2D eigenvalue weighted by Crippen LogP contribution is -2.41. The Labute approximate surface area is 305 Å². The van der Waals surface area contributed by atoms with Crippen LogP contribution >= 0.6 is 22.6 Å². The molecule has 0 radical (unpaired) electrons. The van der Waals surface area contributed by atoms with Gasteiger partial charge >= 0.3 is 17.9 Å². The third kappa shape index (κ3) is 7.86. The Balaban J connectivity index is 1.43. The van der Waals surface area contributed by atoms with Crippen molar-refractivity contribution in [2.24, 2.45) is 5.41 Å². The zero-order valence-electron chi connectivity index (χ0n) is 27.7. The second-order valence-corrected chi connectivity index (χ2v) is 13.9. The van der Waals surface area contributed by atoms with Crippen LogP contribution in [0.15, 0.2) is 102 Å². The van der Waals surface area contributed by atoms with Gasteiger partial charge in [-0.3, -0.25) is 19.9 Å². The zero-order chi connectivity index (χ0) is 36.3. The SMILES string of the molecule is CC(C)(C)C(=O)Nc1nc2c(c(I)cn2[C@@H]2O[C@H](COC(=O)c3ccccc3)[C@@H](OC(=O)c3ccccc3)[C@H]2OC(=O)c2ccccc2)c(=O)[nH]1. The summed E-state index contributed by atoms with van der Waals surface area (Å²) in [7, 11) is 0. The maximum Gasteiger partial charge on any atom is 0.338 e. The zero-order valence-corrected chi connectivity index (χ0v) is 29.9. The number of fused-ring (bicyclic) bond motifs is 1. The van der Waals surface area contributed by atoms with Crippen LogP contribution in [0, 0.1) is 8.99 Å². The molecule has 0 unspecified atom stereocenters. The molecule has 2 aromatic heterocycles. The fourth-order valence-electron chi connectivity index (χ4n) is 5.34. The molecule has 1 saturated heterocycles. The van der Waals surface area contributed by atoms with E-state index >= 15 is 0 Å². The summed E-state index contributed by atoms with van der Waals surface area (Å²) in [5, 5.41) is 2.82. The lowest BCUT2D eigenvalue weighted by atomic mass is 9.96. The highest BCUT2D eigenvalue weighted by atomic mass is 127. The molecule has 3 aromatic carbocycles. The minimum absolute atomic E-state index is 0.0909. The van der Waals surface area contributed by atoms with E-state index in [0.29, 0.717) is 3.57 Å². The molecular formula is C37H33IN4O9. The Morgan fingerprint density at radius 3 is 1.86 bits per heavy atom. The minimum atomic E-state index is -1.34. The lowest BCUT2D eigenvalue weighted by Gasteiger charge is -2.25. The Morgan fingerprint density at radius 1 is 0.824 bits per heavy atom. The second-order valence-electron chi connectivity index (χ2n) is 12.7. The van der Waals surface area contributed by atoms with E-state index in [2.05, 4.69) is 15.3 Å². The number of amides is 1. The highest BCUT2D eigenvalue weighted by Crippen LogP contribution is 2.38. The van der Waals surface area contributed by atoms with Crippen molar-refractivity contribution in [3.8, 4) is 0 Å². The largest absolute Gasteiger partial charge is 0.459 e. The number of carbonyl (C=O) groups excluding carboxylic acids is 4. The molecule has 13 nitrogen and oxygen atoms in total. The first kappa shape index (κ1) is 35.5. The van der Waals surface area contributed by atoms with Crippen molar-refractivity contribution in [2.75, 3.05) is 11.9 Å². The number of esters is 3. The number of hydrogen-bond donors (Lipinski definition) is 2. The summed E-state index contributed by atoms with van der Waals surface area (Å²) in [6, 6.07) is 24.7. The van der Waals surface area contributed by atoms with Crippen molar-refractivity contribution in [2.45, 2.75) is 45.3 Å². The van der Waals surface area contributed by atoms with Gasteiger partial charge in [0.05, 0.1) is 22.1 Å². The van der Waals surface area contributed by atoms with Crippen LogP contribution in [0.4, 0.5) is 5.95 Å². The average molecular weight is 805 g/mol. The van der Waals surface area contributed by atoms with Crippen LogP contribution in [0.25, 0.3) is 11.0 Å². The maximum atomic E-state index is 13.6. The van der Waals surface area contributed by atoms with Crippen LogP contribution in [0.2, 0.25) is 0 Å². The first-order valence-corrected chi connectivity index (χ1v) is 17.0. The normalized spacial score (nSPS) is 18.6. The maximum absolute atomic E-state index is 13.6. The van der Waals surface area contributed by atoms with E-state index in [1.165, 1.54) is 4.57 Å². The molecule has 5 aromatic rings. The van der Waals surface area contributed by atoms with E-state index in [1.807, 2.05) is 22.6 Å². The fraction of sp³-hybridized carbons (Fsp3) is 0.243. The molecule has 6 rings (SSSR count). The molecule has 1 aliphatic heterocycles. The summed E-state index contributed by atoms with van der Waals surface area (Å²) in [6.07, 6.45) is -3.48. The van der Waals surface area contributed by atoms with Crippen molar-refractivity contribution in [3.63, 3.8) is 0 Å². The Kier molecular flexibility index (Phi) is 10.3. The number of aromatic amines is 1. The van der Waals surface area contributed by atoms with Crippen molar-refractivity contribution >= 4 is 63.4 Å². The van der Waals surface area contributed by atoms with E-state index in [9.17, 15) is 24.0 Å². The molecule has 1 fully saturated rings.